The van der Waals surface area contributed by atoms with Crippen molar-refractivity contribution in [2.24, 2.45) is 0 Å². The van der Waals surface area contributed by atoms with Gasteiger partial charge in [-0.3, -0.25) is 0 Å². The van der Waals surface area contributed by atoms with Crippen LogP contribution in [0.3, 0.4) is 0 Å². The number of hydrogen-bond acceptors (Lipinski definition) is 2. The Bertz CT molecular complexity index is 467. The molecule has 1 fully saturated rings. The lowest BCUT2D eigenvalue weighted by Crippen LogP contribution is -2.40. The zero-order valence-electron chi connectivity index (χ0n) is 14.6. The Labute approximate surface area is 126 Å². The van der Waals surface area contributed by atoms with E-state index in [0.717, 1.165) is 19.4 Å². The summed E-state index contributed by atoms with van der Waals surface area (Å²) in [6.07, 6.45) is 2.11. The van der Waals surface area contributed by atoms with E-state index in [2.05, 4.69) is 63.0 Å². The van der Waals surface area contributed by atoms with Crippen molar-refractivity contribution >= 4 is 14.0 Å². The molecule has 0 amide bonds. The lowest BCUT2D eigenvalue weighted by atomic mass is 10.2. The maximum Gasteiger partial charge on any atom is 0.192 e. The minimum absolute atomic E-state index is 0.0701. The average molecular weight is 293 g/mol. The molecular formula is C17H29NOSi. The number of rotatable bonds is 4. The van der Waals surface area contributed by atoms with Crippen LogP contribution < -0.4 is 4.90 Å². The summed E-state index contributed by atoms with van der Waals surface area (Å²) in [6.45, 7) is 13.0. The second-order valence-corrected chi connectivity index (χ2v) is 12.0. The van der Waals surface area contributed by atoms with Crippen molar-refractivity contribution in [3.05, 3.63) is 29.8 Å². The predicted octanol–water partition coefficient (Wildman–Crippen LogP) is 4.81. The Balaban J connectivity index is 1.97. The molecule has 0 aliphatic carbocycles. The van der Waals surface area contributed by atoms with E-state index in [-0.39, 0.29) is 11.6 Å². The summed E-state index contributed by atoms with van der Waals surface area (Å²) < 4.78 is 14.3. The molecule has 3 heteroatoms. The van der Waals surface area contributed by atoms with E-state index in [9.17, 15) is 0 Å². The molecule has 112 valence electrons. The fraction of sp³-hybridized carbons (Fsp3) is 0.647. The minimum Gasteiger partial charge on any atom is -0.413 e. The maximum atomic E-state index is 8.02. The molecule has 2 rings (SSSR count). The molecule has 0 spiro atoms. The van der Waals surface area contributed by atoms with Crippen LogP contribution in [0.4, 0.5) is 5.69 Å². The summed E-state index contributed by atoms with van der Waals surface area (Å²) in [4.78, 5) is 2.18. The highest BCUT2D eigenvalue weighted by Crippen LogP contribution is 2.37. The first-order valence-corrected chi connectivity index (χ1v) is 10.5. The third kappa shape index (κ3) is 3.64. The van der Waals surface area contributed by atoms with Gasteiger partial charge in [0, 0.05) is 20.1 Å². The van der Waals surface area contributed by atoms with Gasteiger partial charge in [-0.2, -0.15) is 0 Å². The number of hydrogen-bond donors (Lipinski definition) is 0. The normalized spacial score (nSPS) is 21.1. The number of benzene rings is 1. The molecule has 0 N–H and O–H groups in total. The molecule has 20 heavy (non-hydrogen) atoms. The summed E-state index contributed by atoms with van der Waals surface area (Å²) in [5, 5.41) is 0.251. The van der Waals surface area contributed by atoms with Crippen molar-refractivity contribution in [1.82, 2.24) is 0 Å². The highest BCUT2D eigenvalue weighted by Gasteiger charge is 2.36. The van der Waals surface area contributed by atoms with Crippen LogP contribution >= 0.6 is 0 Å². The summed E-state index contributed by atoms with van der Waals surface area (Å²) >= 11 is 0. The van der Waals surface area contributed by atoms with Gasteiger partial charge in [-0.1, -0.05) is 32.9 Å². The van der Waals surface area contributed by atoms with Gasteiger partial charge >= 0.3 is 0 Å². The predicted molar refractivity (Wildman–Crippen MR) is 89.9 cm³/mol. The Morgan fingerprint density at radius 2 is 1.85 bits per heavy atom. The topological polar surface area (TPSA) is 12.5 Å². The van der Waals surface area contributed by atoms with Gasteiger partial charge in [-0.15, -0.1) is 0 Å². The van der Waals surface area contributed by atoms with Crippen LogP contribution in [0.15, 0.2) is 24.3 Å². The van der Waals surface area contributed by atoms with Crippen molar-refractivity contribution in [2.75, 3.05) is 18.0 Å². The largest absolute Gasteiger partial charge is 0.413 e. The van der Waals surface area contributed by atoms with E-state index >= 15 is 0 Å². The maximum absolute atomic E-state index is 8.02. The summed E-state index contributed by atoms with van der Waals surface area (Å²) in [5.74, 6) is 0. The first-order chi connectivity index (χ1) is 9.71. The molecule has 1 aliphatic rings. The monoisotopic (exact) mass is 292 g/mol. The zero-order chi connectivity index (χ0) is 15.7. The van der Waals surface area contributed by atoms with E-state index in [0.29, 0.717) is 6.61 Å². The lowest BCUT2D eigenvalue weighted by Gasteiger charge is -2.36. The Morgan fingerprint density at radius 3 is 2.35 bits per heavy atom. The second-order valence-electron chi connectivity index (χ2n) is 7.23. The number of anilines is 1. The Kier molecular flexibility index (Phi) is 4.17. The van der Waals surface area contributed by atoms with Gasteiger partial charge in [0.25, 0.3) is 0 Å². The highest BCUT2D eigenvalue weighted by molar-refractivity contribution is 6.74. The fourth-order valence-electron chi connectivity index (χ4n) is 2.10. The second kappa shape index (κ2) is 5.90. The van der Waals surface area contributed by atoms with Crippen LogP contribution in [-0.4, -0.2) is 21.4 Å². The molecule has 2 nitrogen and oxygen atoms in total. The summed E-state index contributed by atoms with van der Waals surface area (Å²) in [6, 6.07) is 8.56. The van der Waals surface area contributed by atoms with E-state index in [1.807, 2.05) is 0 Å². The summed E-state index contributed by atoms with van der Waals surface area (Å²) in [5.41, 5.74) is 2.40. The van der Waals surface area contributed by atoms with Crippen LogP contribution in [-0.2, 0) is 11.0 Å². The van der Waals surface area contributed by atoms with Crippen LogP contribution in [0.5, 0.6) is 0 Å². The van der Waals surface area contributed by atoms with Gasteiger partial charge in [-0.05, 0) is 48.7 Å². The third-order valence-corrected chi connectivity index (χ3v) is 9.10. The third-order valence-electron chi connectivity index (χ3n) is 4.63. The van der Waals surface area contributed by atoms with Gasteiger partial charge in [-0.25, -0.2) is 0 Å². The van der Waals surface area contributed by atoms with Crippen LogP contribution in [0.2, 0.25) is 18.1 Å². The van der Waals surface area contributed by atoms with E-state index < -0.39 is 8.32 Å². The van der Waals surface area contributed by atoms with Crippen molar-refractivity contribution in [1.29, 1.82) is 0 Å². The van der Waals surface area contributed by atoms with Crippen LogP contribution in [0.1, 0.15) is 40.5 Å². The van der Waals surface area contributed by atoms with E-state index in [1.54, 1.807) is 0 Å². The minimum atomic E-state index is -1.68. The first-order valence-electron chi connectivity index (χ1n) is 8.20. The van der Waals surface area contributed by atoms with Crippen molar-refractivity contribution < 1.29 is 5.80 Å². The number of nitrogens with zero attached hydrogens (tertiary/aromatic N) is 1. The molecule has 1 saturated heterocycles. The molecule has 1 aromatic rings. The van der Waals surface area contributed by atoms with Crippen molar-refractivity contribution in [3.63, 3.8) is 0 Å². The molecule has 1 aliphatic heterocycles. The zero-order valence-corrected chi connectivity index (χ0v) is 14.6. The van der Waals surface area contributed by atoms with Gasteiger partial charge in [0.2, 0.25) is 0 Å². The Hall–Kier alpha value is -0.803. The van der Waals surface area contributed by atoms with Gasteiger partial charge in [0.05, 0.1) is 6.61 Å². The van der Waals surface area contributed by atoms with Gasteiger partial charge < -0.3 is 9.33 Å². The molecule has 1 unspecified atom stereocenters. The molecule has 0 saturated carbocycles. The molecule has 0 bridgehead atoms. The van der Waals surface area contributed by atoms with Gasteiger partial charge in [0.1, 0.15) is 0 Å². The van der Waals surface area contributed by atoms with E-state index in [1.165, 1.54) is 11.3 Å². The first kappa shape index (κ1) is 14.1. The molecule has 1 aromatic carbocycles. The smallest absolute Gasteiger partial charge is 0.192 e. The molecule has 0 aromatic heterocycles. The highest BCUT2D eigenvalue weighted by atomic mass is 28.4. The lowest BCUT2D eigenvalue weighted by molar-refractivity contribution is 0.276. The quantitative estimate of drug-likeness (QED) is 0.739. The SMILES string of the molecule is [2H]C1CCCN1c1ccc(CO[Si](C)(C)C(C)(C)C)cc1. The van der Waals surface area contributed by atoms with Crippen molar-refractivity contribution in [2.45, 2.75) is 58.4 Å². The summed E-state index contributed by atoms with van der Waals surface area (Å²) in [7, 11) is -1.68. The van der Waals surface area contributed by atoms with E-state index in [4.69, 9.17) is 5.80 Å². The van der Waals surface area contributed by atoms with Crippen LogP contribution in [0, 0.1) is 0 Å². The standard InChI is InChI=1S/C17H29NOSi/c1-17(2,3)20(4,5)19-14-15-8-10-16(11-9-15)18-12-6-7-13-18/h8-11H,6-7,12-14H2,1-5H3/i12D. The molecule has 0 radical (unpaired) electrons. The fourth-order valence-corrected chi connectivity index (χ4v) is 3.06. The average Bonchev–Trinajstić information content (AvgIpc) is 2.82. The molecule has 1 atom stereocenters. The Morgan fingerprint density at radius 1 is 1.20 bits per heavy atom. The van der Waals surface area contributed by atoms with Crippen molar-refractivity contribution in [3.8, 4) is 0 Å². The molecular weight excluding hydrogens is 262 g/mol. The van der Waals surface area contributed by atoms with Crippen LogP contribution in [0.25, 0.3) is 0 Å². The molecule has 1 heterocycles. The van der Waals surface area contributed by atoms with Gasteiger partial charge in [0.15, 0.2) is 8.32 Å².